The van der Waals surface area contributed by atoms with Gasteiger partial charge in [-0.25, -0.2) is 0 Å². The molecule has 0 aliphatic heterocycles. The number of fused-ring (bicyclic) bond motifs is 1. The Bertz CT molecular complexity index is 605. The van der Waals surface area contributed by atoms with Gasteiger partial charge in [0.05, 0.1) is 13.7 Å². The Morgan fingerprint density at radius 1 is 1.25 bits per heavy atom. The van der Waals surface area contributed by atoms with Gasteiger partial charge in [0.15, 0.2) is 0 Å². The molecule has 0 atom stereocenters. The summed E-state index contributed by atoms with van der Waals surface area (Å²) in [5.41, 5.74) is 3.50. The van der Waals surface area contributed by atoms with Crippen LogP contribution in [0.5, 0.6) is 5.75 Å². The van der Waals surface area contributed by atoms with E-state index in [0.717, 1.165) is 30.1 Å². The number of nitrogens with one attached hydrogen (secondary N) is 1. The molecule has 0 fully saturated rings. The van der Waals surface area contributed by atoms with Crippen LogP contribution in [0.15, 0.2) is 16.5 Å². The second kappa shape index (κ2) is 5.49. The molecule has 1 heterocycles. The van der Waals surface area contributed by atoms with Crippen molar-refractivity contribution in [3.63, 3.8) is 0 Å². The number of hydrogen-bond acceptors (Lipinski definition) is 3. The van der Waals surface area contributed by atoms with Gasteiger partial charge >= 0.3 is 0 Å². The monoisotopic (exact) mass is 275 g/mol. The topological polar surface area (TPSA) is 34.4 Å². The van der Waals surface area contributed by atoms with E-state index in [9.17, 15) is 0 Å². The number of furan rings is 1. The van der Waals surface area contributed by atoms with Crippen molar-refractivity contribution in [2.75, 3.05) is 14.2 Å². The summed E-state index contributed by atoms with van der Waals surface area (Å²) in [6, 6.07) is 4.18. The van der Waals surface area contributed by atoms with Crippen LogP contribution in [0.2, 0.25) is 0 Å². The van der Waals surface area contributed by atoms with Gasteiger partial charge in [-0.3, -0.25) is 0 Å². The number of ether oxygens (including phenoxy) is 1. The molecule has 3 heteroatoms. The number of methoxy groups -OCH3 is 1. The minimum atomic E-state index is 0.0204. The van der Waals surface area contributed by atoms with Crippen molar-refractivity contribution < 1.29 is 9.15 Å². The smallest absolute Gasteiger partial charge is 0.138 e. The van der Waals surface area contributed by atoms with E-state index >= 15 is 0 Å². The number of benzene rings is 1. The second-order valence-electron chi connectivity index (χ2n) is 6.19. The second-order valence-corrected chi connectivity index (χ2v) is 6.19. The fraction of sp³-hybridized carbons (Fsp3) is 0.529. The zero-order valence-electron chi connectivity index (χ0n) is 13.4. The van der Waals surface area contributed by atoms with Crippen LogP contribution in [-0.2, 0) is 18.4 Å². The van der Waals surface area contributed by atoms with E-state index in [4.69, 9.17) is 9.15 Å². The predicted molar refractivity (Wildman–Crippen MR) is 83.6 cm³/mol. The van der Waals surface area contributed by atoms with Crippen molar-refractivity contribution in [1.82, 2.24) is 5.32 Å². The summed E-state index contributed by atoms with van der Waals surface area (Å²) < 4.78 is 11.6. The molecule has 1 aromatic carbocycles. The summed E-state index contributed by atoms with van der Waals surface area (Å²) in [7, 11) is 3.66. The lowest BCUT2D eigenvalue weighted by molar-refractivity contribution is 0.413. The lowest BCUT2D eigenvalue weighted by Crippen LogP contribution is -2.11. The van der Waals surface area contributed by atoms with Gasteiger partial charge in [-0.1, -0.05) is 27.7 Å². The molecule has 0 aliphatic rings. The highest BCUT2D eigenvalue weighted by Crippen LogP contribution is 2.38. The van der Waals surface area contributed by atoms with Crippen molar-refractivity contribution in [2.45, 2.75) is 46.1 Å². The fourth-order valence-electron chi connectivity index (χ4n) is 2.64. The minimum Gasteiger partial charge on any atom is -0.497 e. The Labute approximate surface area is 121 Å². The van der Waals surface area contributed by atoms with Crippen molar-refractivity contribution in [1.29, 1.82) is 0 Å². The minimum absolute atomic E-state index is 0.0204. The lowest BCUT2D eigenvalue weighted by atomic mass is 9.85. The zero-order chi connectivity index (χ0) is 14.9. The summed E-state index contributed by atoms with van der Waals surface area (Å²) >= 11 is 0. The van der Waals surface area contributed by atoms with E-state index in [1.54, 1.807) is 7.11 Å². The highest BCUT2D eigenvalue weighted by molar-refractivity contribution is 5.87. The maximum Gasteiger partial charge on any atom is 0.138 e. The Balaban J connectivity index is 2.79. The van der Waals surface area contributed by atoms with Gasteiger partial charge in [-0.2, -0.15) is 0 Å². The molecule has 0 bridgehead atoms. The first-order chi connectivity index (χ1) is 9.42. The maximum absolute atomic E-state index is 6.17. The first-order valence-electron chi connectivity index (χ1n) is 7.19. The van der Waals surface area contributed by atoms with Gasteiger partial charge < -0.3 is 14.5 Å². The maximum atomic E-state index is 6.17. The van der Waals surface area contributed by atoms with Gasteiger partial charge in [0, 0.05) is 16.5 Å². The van der Waals surface area contributed by atoms with Crippen LogP contribution in [0, 0.1) is 0 Å². The number of rotatable bonds is 4. The molecule has 0 spiro atoms. The van der Waals surface area contributed by atoms with Crippen LogP contribution in [0.1, 0.15) is 44.6 Å². The third-order valence-corrected chi connectivity index (χ3v) is 3.68. The van der Waals surface area contributed by atoms with Crippen molar-refractivity contribution in [2.24, 2.45) is 0 Å². The van der Waals surface area contributed by atoms with Crippen LogP contribution in [0.25, 0.3) is 11.0 Å². The lowest BCUT2D eigenvalue weighted by Gasteiger charge is -2.20. The standard InChI is InChI=1S/C17H25NO2/c1-7-12-13-8-11(19-6)9-14(17(2,3)4)16(13)20-15(12)10-18-5/h8-9,18H,7,10H2,1-6H3. The average molecular weight is 275 g/mol. The van der Waals surface area contributed by atoms with Gasteiger partial charge in [0.25, 0.3) is 0 Å². The van der Waals surface area contributed by atoms with Crippen LogP contribution in [0.4, 0.5) is 0 Å². The Morgan fingerprint density at radius 3 is 2.45 bits per heavy atom. The third-order valence-electron chi connectivity index (χ3n) is 3.68. The molecule has 0 radical (unpaired) electrons. The van der Waals surface area contributed by atoms with E-state index in [-0.39, 0.29) is 5.41 Å². The quantitative estimate of drug-likeness (QED) is 0.915. The molecule has 0 aliphatic carbocycles. The summed E-state index contributed by atoms with van der Waals surface area (Å²) in [4.78, 5) is 0. The molecular formula is C17H25NO2. The van der Waals surface area contributed by atoms with Crippen molar-refractivity contribution in [3.8, 4) is 5.75 Å². The van der Waals surface area contributed by atoms with E-state index in [0.29, 0.717) is 0 Å². The number of aryl methyl sites for hydroxylation is 1. The highest BCUT2D eigenvalue weighted by atomic mass is 16.5. The van der Waals surface area contributed by atoms with Gasteiger partial charge in [-0.05, 0) is 31.0 Å². The Morgan fingerprint density at radius 2 is 1.95 bits per heavy atom. The summed E-state index contributed by atoms with van der Waals surface area (Å²) in [5, 5.41) is 4.36. The van der Waals surface area contributed by atoms with Crippen LogP contribution in [-0.4, -0.2) is 14.2 Å². The molecule has 0 saturated carbocycles. The molecule has 3 nitrogen and oxygen atoms in total. The Hall–Kier alpha value is -1.48. The van der Waals surface area contributed by atoms with Gasteiger partial charge in [-0.15, -0.1) is 0 Å². The molecule has 0 saturated heterocycles. The van der Waals surface area contributed by atoms with Crippen LogP contribution >= 0.6 is 0 Å². The molecule has 1 N–H and O–H groups in total. The first-order valence-corrected chi connectivity index (χ1v) is 7.19. The molecular weight excluding hydrogens is 250 g/mol. The average Bonchev–Trinajstić information content (AvgIpc) is 2.73. The molecule has 20 heavy (non-hydrogen) atoms. The van der Waals surface area contributed by atoms with Crippen LogP contribution in [0.3, 0.4) is 0 Å². The molecule has 1 aromatic heterocycles. The Kier molecular flexibility index (Phi) is 4.09. The summed E-state index contributed by atoms with van der Waals surface area (Å²) in [6.45, 7) is 9.52. The van der Waals surface area contributed by atoms with E-state index in [1.807, 2.05) is 7.05 Å². The molecule has 2 rings (SSSR count). The van der Waals surface area contributed by atoms with Crippen molar-refractivity contribution in [3.05, 3.63) is 29.0 Å². The molecule has 110 valence electrons. The first kappa shape index (κ1) is 14.9. The molecule has 0 amide bonds. The highest BCUT2D eigenvalue weighted by Gasteiger charge is 2.23. The summed E-state index contributed by atoms with van der Waals surface area (Å²) in [6.07, 6.45) is 0.959. The summed E-state index contributed by atoms with van der Waals surface area (Å²) in [5.74, 6) is 1.93. The SMILES string of the molecule is CCc1c(CNC)oc2c(C(C)(C)C)cc(OC)cc12. The van der Waals surface area contributed by atoms with Gasteiger partial charge in [0.1, 0.15) is 17.1 Å². The zero-order valence-corrected chi connectivity index (χ0v) is 13.4. The van der Waals surface area contributed by atoms with E-state index < -0.39 is 0 Å². The molecule has 2 aromatic rings. The number of hydrogen-bond donors (Lipinski definition) is 1. The predicted octanol–water partition coefficient (Wildman–Crippen LogP) is 4.02. The fourth-order valence-corrected chi connectivity index (χ4v) is 2.64. The van der Waals surface area contributed by atoms with Crippen molar-refractivity contribution >= 4 is 11.0 Å². The van der Waals surface area contributed by atoms with Gasteiger partial charge in [0.2, 0.25) is 0 Å². The third kappa shape index (κ3) is 2.55. The van der Waals surface area contributed by atoms with Crippen LogP contribution < -0.4 is 10.1 Å². The largest absolute Gasteiger partial charge is 0.497 e. The normalized spacial score (nSPS) is 12.1. The molecule has 0 unspecified atom stereocenters. The van der Waals surface area contributed by atoms with E-state index in [2.05, 4.69) is 45.1 Å². The van der Waals surface area contributed by atoms with E-state index in [1.165, 1.54) is 16.5 Å².